The normalized spacial score (nSPS) is 11.0. The molecule has 0 bridgehead atoms. The minimum atomic E-state index is -0.220. The van der Waals surface area contributed by atoms with Crippen molar-refractivity contribution in [3.05, 3.63) is 71.3 Å². The Balaban J connectivity index is 1.49. The van der Waals surface area contributed by atoms with Crippen LogP contribution in [0.2, 0.25) is 0 Å². The van der Waals surface area contributed by atoms with Crippen LogP contribution in [0.3, 0.4) is 0 Å². The molecule has 1 heterocycles. The summed E-state index contributed by atoms with van der Waals surface area (Å²) in [4.78, 5) is 16.5. The van der Waals surface area contributed by atoms with Crippen molar-refractivity contribution in [1.82, 2.24) is 15.0 Å². The number of amides is 1. The summed E-state index contributed by atoms with van der Waals surface area (Å²) in [5.41, 5.74) is 7.57. The van der Waals surface area contributed by atoms with Gasteiger partial charge in [-0.25, -0.2) is 0 Å². The molecule has 7 nitrogen and oxygen atoms in total. The number of benzene rings is 3. The molecule has 0 unspecified atom stereocenters. The van der Waals surface area contributed by atoms with Crippen LogP contribution in [0.5, 0.6) is 5.75 Å². The lowest BCUT2D eigenvalue weighted by Crippen LogP contribution is -2.21. The molecular weight excluding hydrogens is 438 g/mol. The second-order valence-corrected chi connectivity index (χ2v) is 8.62. The van der Waals surface area contributed by atoms with E-state index in [1.54, 1.807) is 4.80 Å². The van der Waals surface area contributed by atoms with Gasteiger partial charge in [0.15, 0.2) is 6.61 Å². The highest BCUT2D eigenvalue weighted by molar-refractivity contribution is 5.95. The molecule has 1 N–H and O–H groups in total. The van der Waals surface area contributed by atoms with Crippen LogP contribution in [0.1, 0.15) is 37.5 Å². The van der Waals surface area contributed by atoms with Crippen molar-refractivity contribution in [3.63, 3.8) is 0 Å². The largest absolute Gasteiger partial charge is 0.484 e. The Bertz CT molecular complexity index is 1320. The van der Waals surface area contributed by atoms with Crippen molar-refractivity contribution in [2.75, 3.05) is 29.9 Å². The Kier molecular flexibility index (Phi) is 7.34. The van der Waals surface area contributed by atoms with Crippen molar-refractivity contribution in [2.24, 2.45) is 0 Å². The zero-order valence-corrected chi connectivity index (χ0v) is 21.1. The summed E-state index contributed by atoms with van der Waals surface area (Å²) in [6.07, 6.45) is 0.967. The predicted molar refractivity (Wildman–Crippen MR) is 142 cm³/mol. The van der Waals surface area contributed by atoms with Crippen LogP contribution >= 0.6 is 0 Å². The van der Waals surface area contributed by atoms with E-state index in [1.807, 2.05) is 43.3 Å². The highest BCUT2D eigenvalue weighted by atomic mass is 16.5. The molecule has 0 aliphatic heterocycles. The molecule has 0 radical (unpaired) electrons. The van der Waals surface area contributed by atoms with Gasteiger partial charge in [0.2, 0.25) is 0 Å². The van der Waals surface area contributed by atoms with E-state index < -0.39 is 0 Å². The zero-order chi connectivity index (χ0) is 24.9. The molecule has 1 aromatic heterocycles. The number of aryl methyl sites for hydroxylation is 3. The summed E-state index contributed by atoms with van der Waals surface area (Å²) in [7, 11) is 0. The first-order chi connectivity index (χ1) is 16.9. The molecule has 182 valence electrons. The topological polar surface area (TPSA) is 72.3 Å². The third-order valence-corrected chi connectivity index (χ3v) is 6.23. The van der Waals surface area contributed by atoms with E-state index in [0.29, 0.717) is 17.0 Å². The fourth-order valence-corrected chi connectivity index (χ4v) is 4.12. The summed E-state index contributed by atoms with van der Waals surface area (Å²) in [6.45, 7) is 12.3. The lowest BCUT2D eigenvalue weighted by Gasteiger charge is -2.22. The van der Waals surface area contributed by atoms with Gasteiger partial charge in [0.25, 0.3) is 5.91 Å². The van der Waals surface area contributed by atoms with Gasteiger partial charge in [0.1, 0.15) is 16.8 Å². The van der Waals surface area contributed by atoms with Crippen LogP contribution in [0.4, 0.5) is 11.4 Å². The smallest absolute Gasteiger partial charge is 0.262 e. The number of carbonyl (C=O) groups is 1. The number of hydrogen-bond donors (Lipinski definition) is 1. The monoisotopic (exact) mass is 471 g/mol. The standard InChI is InChI=1S/C28H33N5O2/c1-6-21-9-12-23(13-10-21)35-18-28(34)29-24-17-26-25(16-19(24)4)30-33(31-26)27-14-11-22(15-20(27)5)32(7-2)8-3/h9-17H,6-8,18H2,1-5H3,(H,29,34). The lowest BCUT2D eigenvalue weighted by atomic mass is 10.1. The number of carbonyl (C=O) groups excluding carboxylic acids is 1. The summed E-state index contributed by atoms with van der Waals surface area (Å²) < 4.78 is 5.64. The van der Waals surface area contributed by atoms with Gasteiger partial charge in [0, 0.05) is 24.5 Å². The molecule has 0 aliphatic rings. The van der Waals surface area contributed by atoms with Crippen molar-refractivity contribution < 1.29 is 9.53 Å². The number of ether oxygens (including phenoxy) is 1. The van der Waals surface area contributed by atoms with Gasteiger partial charge in [-0.05, 0) is 93.3 Å². The molecule has 0 saturated carbocycles. The molecule has 0 aliphatic carbocycles. The summed E-state index contributed by atoms with van der Waals surface area (Å²) in [5.74, 6) is 0.456. The second kappa shape index (κ2) is 10.6. The molecule has 4 rings (SSSR count). The number of anilines is 2. The predicted octanol–water partition coefficient (Wildman–Crippen LogP) is 5.46. The van der Waals surface area contributed by atoms with Gasteiger partial charge < -0.3 is 15.0 Å². The number of hydrogen-bond acceptors (Lipinski definition) is 5. The molecule has 4 aromatic rings. The highest BCUT2D eigenvalue weighted by Gasteiger charge is 2.13. The van der Waals surface area contributed by atoms with Gasteiger partial charge in [0.05, 0.1) is 5.69 Å². The average molecular weight is 472 g/mol. The molecule has 0 saturated heterocycles. The van der Waals surface area contributed by atoms with Crippen molar-refractivity contribution in [1.29, 1.82) is 0 Å². The van der Waals surface area contributed by atoms with Crippen LogP contribution in [-0.2, 0) is 11.2 Å². The van der Waals surface area contributed by atoms with Gasteiger partial charge in [-0.15, -0.1) is 10.2 Å². The van der Waals surface area contributed by atoms with Gasteiger partial charge in [-0.1, -0.05) is 19.1 Å². The number of rotatable bonds is 9. The zero-order valence-electron chi connectivity index (χ0n) is 21.1. The van der Waals surface area contributed by atoms with E-state index in [2.05, 4.69) is 66.3 Å². The van der Waals surface area contributed by atoms with Crippen LogP contribution < -0.4 is 15.0 Å². The minimum absolute atomic E-state index is 0.0618. The molecule has 0 fully saturated rings. The lowest BCUT2D eigenvalue weighted by molar-refractivity contribution is -0.118. The number of fused-ring (bicyclic) bond motifs is 1. The molecule has 35 heavy (non-hydrogen) atoms. The SMILES string of the molecule is CCc1ccc(OCC(=O)Nc2cc3nn(-c4ccc(N(CC)CC)cc4C)nc3cc2C)cc1. The summed E-state index contributed by atoms with van der Waals surface area (Å²) >= 11 is 0. The van der Waals surface area contributed by atoms with Crippen LogP contribution in [0.25, 0.3) is 16.7 Å². The van der Waals surface area contributed by atoms with Gasteiger partial charge >= 0.3 is 0 Å². The third-order valence-electron chi connectivity index (χ3n) is 6.23. The Labute approximate surface area is 206 Å². The molecule has 3 aromatic carbocycles. The molecule has 1 amide bonds. The number of nitrogens with zero attached hydrogens (tertiary/aromatic N) is 4. The quantitative estimate of drug-likeness (QED) is 0.351. The molecule has 0 spiro atoms. The fraction of sp³-hybridized carbons (Fsp3) is 0.321. The van der Waals surface area contributed by atoms with E-state index in [1.165, 1.54) is 11.3 Å². The third kappa shape index (κ3) is 5.45. The maximum atomic E-state index is 12.5. The molecule has 7 heteroatoms. The Morgan fingerprint density at radius 3 is 2.23 bits per heavy atom. The van der Waals surface area contributed by atoms with Gasteiger partial charge in [-0.3, -0.25) is 4.79 Å². The molecular formula is C28H33N5O2. The first kappa shape index (κ1) is 24.3. The average Bonchev–Trinajstić information content (AvgIpc) is 3.26. The minimum Gasteiger partial charge on any atom is -0.484 e. The van der Waals surface area contributed by atoms with E-state index in [0.717, 1.165) is 41.8 Å². The maximum Gasteiger partial charge on any atom is 0.262 e. The van der Waals surface area contributed by atoms with Gasteiger partial charge in [-0.2, -0.15) is 4.80 Å². The van der Waals surface area contributed by atoms with E-state index in [9.17, 15) is 4.79 Å². The van der Waals surface area contributed by atoms with Crippen LogP contribution in [-0.4, -0.2) is 40.6 Å². The van der Waals surface area contributed by atoms with E-state index in [-0.39, 0.29) is 12.5 Å². The number of nitrogens with one attached hydrogen (secondary N) is 1. The first-order valence-electron chi connectivity index (χ1n) is 12.2. The fourth-order valence-electron chi connectivity index (χ4n) is 4.12. The second-order valence-electron chi connectivity index (χ2n) is 8.62. The first-order valence-corrected chi connectivity index (χ1v) is 12.2. The number of aromatic nitrogens is 3. The van der Waals surface area contributed by atoms with E-state index >= 15 is 0 Å². The van der Waals surface area contributed by atoms with Crippen LogP contribution in [0, 0.1) is 13.8 Å². The van der Waals surface area contributed by atoms with Crippen molar-refractivity contribution in [2.45, 2.75) is 41.0 Å². The van der Waals surface area contributed by atoms with Crippen LogP contribution in [0.15, 0.2) is 54.6 Å². The van der Waals surface area contributed by atoms with Crippen molar-refractivity contribution >= 4 is 28.3 Å². The Morgan fingerprint density at radius 2 is 1.60 bits per heavy atom. The van der Waals surface area contributed by atoms with E-state index in [4.69, 9.17) is 4.74 Å². The summed E-state index contributed by atoms with van der Waals surface area (Å²) in [6, 6.07) is 17.9. The molecule has 0 atom stereocenters. The summed E-state index contributed by atoms with van der Waals surface area (Å²) in [5, 5.41) is 12.3. The Hall–Kier alpha value is -3.87. The maximum absolute atomic E-state index is 12.5. The highest BCUT2D eigenvalue weighted by Crippen LogP contribution is 2.25. The van der Waals surface area contributed by atoms with Crippen molar-refractivity contribution in [3.8, 4) is 11.4 Å². The Morgan fingerprint density at radius 1 is 0.914 bits per heavy atom.